The standard InChI is InChI=1S/C18H29B2O4/c1-15(2)16(3,4)22-19(21-15)13-9-11-14(12-10-13)20-23-17(5,6)18(7,8)24-20/h9-11H,12H2,1-8H3. The van der Waals surface area contributed by atoms with E-state index in [1.165, 1.54) is 0 Å². The Balaban J connectivity index is 1.66. The molecule has 131 valence electrons. The average molecular weight is 331 g/mol. The molecule has 2 heterocycles. The van der Waals surface area contributed by atoms with Crippen molar-refractivity contribution in [1.82, 2.24) is 0 Å². The van der Waals surface area contributed by atoms with Gasteiger partial charge < -0.3 is 18.6 Å². The highest BCUT2D eigenvalue weighted by Crippen LogP contribution is 2.42. The molecule has 4 nitrogen and oxygen atoms in total. The largest absolute Gasteiger partial charge is 0.494 e. The third-order valence-electron chi connectivity index (χ3n) is 6.14. The van der Waals surface area contributed by atoms with E-state index in [9.17, 15) is 0 Å². The van der Waals surface area contributed by atoms with Gasteiger partial charge >= 0.3 is 14.2 Å². The summed E-state index contributed by atoms with van der Waals surface area (Å²) in [5.41, 5.74) is -0.194. The maximum Gasteiger partial charge on any atom is 0.494 e. The molecule has 0 unspecified atom stereocenters. The number of hydrogen-bond donors (Lipinski definition) is 0. The van der Waals surface area contributed by atoms with Crippen LogP contribution in [0.3, 0.4) is 0 Å². The Labute approximate surface area is 147 Å². The highest BCUT2D eigenvalue weighted by Gasteiger charge is 2.55. The Hall–Kier alpha value is -0.550. The number of rotatable bonds is 2. The molecule has 2 saturated heterocycles. The predicted molar refractivity (Wildman–Crippen MR) is 97.2 cm³/mol. The van der Waals surface area contributed by atoms with Gasteiger partial charge in [-0.2, -0.15) is 0 Å². The lowest BCUT2D eigenvalue weighted by molar-refractivity contribution is 0.00578. The van der Waals surface area contributed by atoms with Crippen molar-refractivity contribution in [2.24, 2.45) is 0 Å². The maximum atomic E-state index is 6.13. The number of hydrogen-bond acceptors (Lipinski definition) is 4. The van der Waals surface area contributed by atoms with Crippen molar-refractivity contribution >= 4 is 14.2 Å². The molecule has 1 radical (unpaired) electrons. The molecule has 0 amide bonds. The van der Waals surface area contributed by atoms with Gasteiger partial charge in [-0.1, -0.05) is 18.2 Å². The molecule has 2 aliphatic heterocycles. The summed E-state index contributed by atoms with van der Waals surface area (Å²) in [7, 11) is -0.603. The SMILES string of the molecule is CC1(C)OB([C]2C=CC(B3OC(C)(C)C(C)(C)O3)=CC2)OC1(C)C. The third kappa shape index (κ3) is 2.92. The van der Waals surface area contributed by atoms with E-state index in [4.69, 9.17) is 18.6 Å². The molecule has 0 saturated carbocycles. The van der Waals surface area contributed by atoms with Crippen molar-refractivity contribution in [3.05, 3.63) is 29.5 Å². The Morgan fingerprint density at radius 2 is 1.08 bits per heavy atom. The molecule has 0 spiro atoms. The van der Waals surface area contributed by atoms with Crippen LogP contribution in [-0.2, 0) is 18.6 Å². The lowest BCUT2D eigenvalue weighted by Crippen LogP contribution is -2.41. The van der Waals surface area contributed by atoms with Crippen LogP contribution in [0.2, 0.25) is 0 Å². The Morgan fingerprint density at radius 1 is 0.667 bits per heavy atom. The summed E-state index contributed by atoms with van der Waals surface area (Å²) < 4.78 is 24.5. The molecule has 3 aliphatic rings. The van der Waals surface area contributed by atoms with Gasteiger partial charge in [0.1, 0.15) is 0 Å². The highest BCUT2D eigenvalue weighted by atomic mass is 16.7. The van der Waals surface area contributed by atoms with Gasteiger partial charge in [-0.05, 0) is 67.3 Å². The monoisotopic (exact) mass is 331 g/mol. The minimum Gasteiger partial charge on any atom is -0.403 e. The molecule has 24 heavy (non-hydrogen) atoms. The van der Waals surface area contributed by atoms with Crippen LogP contribution in [0.5, 0.6) is 0 Å². The van der Waals surface area contributed by atoms with E-state index in [1.54, 1.807) is 0 Å². The Morgan fingerprint density at radius 3 is 1.46 bits per heavy atom. The maximum absolute atomic E-state index is 6.13. The van der Waals surface area contributed by atoms with Crippen molar-refractivity contribution in [2.75, 3.05) is 0 Å². The summed E-state index contributed by atoms with van der Waals surface area (Å²) in [6.07, 6.45) is 7.09. The molecule has 0 N–H and O–H groups in total. The van der Waals surface area contributed by atoms with E-state index in [0.717, 1.165) is 17.7 Å². The van der Waals surface area contributed by atoms with Crippen LogP contribution < -0.4 is 0 Å². The molecule has 0 aromatic carbocycles. The Bertz CT molecular complexity index is 546. The first-order chi connectivity index (χ1) is 10.8. The van der Waals surface area contributed by atoms with Crippen molar-refractivity contribution in [3.8, 4) is 0 Å². The van der Waals surface area contributed by atoms with E-state index in [1.807, 2.05) is 0 Å². The fraction of sp³-hybridized carbons (Fsp3) is 0.722. The molecule has 0 aromatic heterocycles. The van der Waals surface area contributed by atoms with Crippen molar-refractivity contribution in [1.29, 1.82) is 0 Å². The quantitative estimate of drug-likeness (QED) is 0.723. The topological polar surface area (TPSA) is 36.9 Å². The van der Waals surface area contributed by atoms with Gasteiger partial charge in [0, 0.05) is 5.82 Å². The predicted octanol–water partition coefficient (Wildman–Crippen LogP) is 3.71. The second kappa shape index (κ2) is 5.47. The second-order valence-corrected chi connectivity index (χ2v) is 8.99. The Kier molecular flexibility index (Phi) is 4.16. The van der Waals surface area contributed by atoms with Gasteiger partial charge in [-0.15, -0.1) is 0 Å². The van der Waals surface area contributed by atoms with Crippen LogP contribution in [-0.4, -0.2) is 36.6 Å². The summed E-state index contributed by atoms with van der Waals surface area (Å²) in [5.74, 6) is 1.13. The lowest BCUT2D eigenvalue weighted by atomic mass is 9.64. The van der Waals surface area contributed by atoms with Gasteiger partial charge in [-0.3, -0.25) is 0 Å². The molecular weight excluding hydrogens is 302 g/mol. The first kappa shape index (κ1) is 18.2. The summed E-state index contributed by atoms with van der Waals surface area (Å²) in [4.78, 5) is 0. The zero-order valence-corrected chi connectivity index (χ0v) is 16.2. The van der Waals surface area contributed by atoms with Gasteiger partial charge in [0.25, 0.3) is 0 Å². The average Bonchev–Trinajstić information content (AvgIpc) is 2.79. The minimum absolute atomic E-state index is 0.289. The van der Waals surface area contributed by atoms with E-state index >= 15 is 0 Å². The normalized spacial score (nSPS) is 30.8. The van der Waals surface area contributed by atoms with Gasteiger partial charge in [-0.25, -0.2) is 0 Å². The van der Waals surface area contributed by atoms with E-state index < -0.39 is 0 Å². The second-order valence-electron chi connectivity index (χ2n) is 8.99. The highest BCUT2D eigenvalue weighted by molar-refractivity contribution is 6.57. The van der Waals surface area contributed by atoms with E-state index in [-0.39, 0.29) is 36.6 Å². The summed E-state index contributed by atoms with van der Waals surface area (Å²) in [6, 6.07) is 0. The fourth-order valence-corrected chi connectivity index (χ4v) is 2.90. The molecule has 2 fully saturated rings. The molecule has 6 heteroatoms. The van der Waals surface area contributed by atoms with Gasteiger partial charge in [0.15, 0.2) is 0 Å². The first-order valence-corrected chi connectivity index (χ1v) is 8.80. The van der Waals surface area contributed by atoms with E-state index in [2.05, 4.69) is 73.6 Å². The van der Waals surface area contributed by atoms with Crippen LogP contribution >= 0.6 is 0 Å². The smallest absolute Gasteiger partial charge is 0.403 e. The first-order valence-electron chi connectivity index (χ1n) is 8.80. The molecule has 1 aliphatic carbocycles. The minimum atomic E-state index is -0.317. The van der Waals surface area contributed by atoms with Crippen molar-refractivity contribution < 1.29 is 18.6 Å². The summed E-state index contributed by atoms with van der Waals surface area (Å²) in [5, 5.41) is 0. The van der Waals surface area contributed by atoms with Gasteiger partial charge in [0.2, 0.25) is 0 Å². The number of allylic oxidation sites excluding steroid dienone is 4. The van der Waals surface area contributed by atoms with Gasteiger partial charge in [0.05, 0.1) is 22.4 Å². The van der Waals surface area contributed by atoms with Crippen LogP contribution in [0.1, 0.15) is 61.8 Å². The van der Waals surface area contributed by atoms with E-state index in [0.29, 0.717) is 0 Å². The molecule has 0 atom stereocenters. The third-order valence-corrected chi connectivity index (χ3v) is 6.14. The zero-order valence-electron chi connectivity index (χ0n) is 16.2. The van der Waals surface area contributed by atoms with Crippen molar-refractivity contribution in [2.45, 2.75) is 84.2 Å². The van der Waals surface area contributed by atoms with Crippen LogP contribution in [0, 0.1) is 5.82 Å². The molecule has 3 rings (SSSR count). The van der Waals surface area contributed by atoms with Crippen molar-refractivity contribution in [3.63, 3.8) is 0 Å². The summed E-state index contributed by atoms with van der Waals surface area (Å²) >= 11 is 0. The molecule has 0 aromatic rings. The lowest BCUT2D eigenvalue weighted by Gasteiger charge is -2.32. The zero-order chi connectivity index (χ0) is 18.0. The van der Waals surface area contributed by atoms with Crippen LogP contribution in [0.15, 0.2) is 23.7 Å². The summed E-state index contributed by atoms with van der Waals surface area (Å²) in [6.45, 7) is 16.6. The molecular formula is C18H29B2O4. The van der Waals surface area contributed by atoms with Crippen LogP contribution in [0.25, 0.3) is 0 Å². The van der Waals surface area contributed by atoms with Crippen LogP contribution in [0.4, 0.5) is 0 Å². The molecule has 0 bridgehead atoms. The fourth-order valence-electron chi connectivity index (χ4n) is 2.90.